The molecule has 5 heteroatoms. The Morgan fingerprint density at radius 2 is 1.50 bits per heavy atom. The van der Waals surface area contributed by atoms with Crippen LogP contribution in [0.2, 0.25) is 0 Å². The van der Waals surface area contributed by atoms with Crippen LogP contribution in [0.5, 0.6) is 0 Å². The Balaban J connectivity index is 3.44. The topological polar surface area (TPSA) is 63.2 Å². The van der Waals surface area contributed by atoms with Crippen molar-refractivity contribution in [2.24, 2.45) is 0 Å². The van der Waals surface area contributed by atoms with E-state index in [2.05, 4.69) is 0 Å². The Kier molecular flexibility index (Phi) is 5.15. The smallest absolute Gasteiger partial charge is 0.230 e. The van der Waals surface area contributed by atoms with E-state index in [1.807, 2.05) is 0 Å². The summed E-state index contributed by atoms with van der Waals surface area (Å²) in [5.74, 6) is -0.138. The minimum absolute atomic E-state index is 0.0274. The van der Waals surface area contributed by atoms with Crippen LogP contribution in [0, 0.1) is 0 Å². The van der Waals surface area contributed by atoms with Gasteiger partial charge >= 0.3 is 0 Å². The third-order valence-corrected chi connectivity index (χ3v) is 2.19. The van der Waals surface area contributed by atoms with Gasteiger partial charge in [0, 0.05) is 0 Å². The Morgan fingerprint density at radius 3 is 1.70 bits per heavy atom. The van der Waals surface area contributed by atoms with E-state index >= 15 is 0 Å². The largest absolute Gasteiger partial charge is 0.616 e. The van der Waals surface area contributed by atoms with Gasteiger partial charge in [-0.25, -0.2) is 0 Å². The highest BCUT2D eigenvalue weighted by molar-refractivity contribution is 7.92. The Labute approximate surface area is 66.5 Å². The first-order valence-electron chi connectivity index (χ1n) is 2.64. The molecular formula is C5H10O3S2. The van der Waals surface area contributed by atoms with Gasteiger partial charge in [0.25, 0.3) is 0 Å². The second kappa shape index (κ2) is 5.01. The SMILES string of the molecule is C[S+]([O-])CC(=O)C[S+](C)[O-]. The van der Waals surface area contributed by atoms with Crippen LogP contribution in [0.4, 0.5) is 0 Å². The molecule has 0 saturated carbocycles. The molecule has 3 nitrogen and oxygen atoms in total. The maximum Gasteiger partial charge on any atom is 0.230 e. The highest BCUT2D eigenvalue weighted by Crippen LogP contribution is 1.89. The van der Waals surface area contributed by atoms with Gasteiger partial charge in [-0.1, -0.05) is 0 Å². The first kappa shape index (κ1) is 10.3. The van der Waals surface area contributed by atoms with E-state index in [-0.39, 0.29) is 17.3 Å². The molecule has 0 fully saturated rings. The monoisotopic (exact) mass is 182 g/mol. The van der Waals surface area contributed by atoms with Crippen LogP contribution in [-0.4, -0.2) is 38.9 Å². The van der Waals surface area contributed by atoms with Gasteiger partial charge in [0.2, 0.25) is 5.78 Å². The average Bonchev–Trinajstić information content (AvgIpc) is 1.58. The minimum Gasteiger partial charge on any atom is -0.616 e. The average molecular weight is 182 g/mol. The van der Waals surface area contributed by atoms with Gasteiger partial charge in [0.15, 0.2) is 11.5 Å². The summed E-state index contributed by atoms with van der Waals surface area (Å²) in [6.45, 7) is 0. The molecule has 0 rings (SSSR count). The molecule has 0 N–H and O–H groups in total. The molecule has 0 radical (unpaired) electrons. The molecule has 2 unspecified atom stereocenters. The number of Topliss-reactive ketones (excluding diaryl/α,β-unsaturated/α-hetero) is 1. The fourth-order valence-corrected chi connectivity index (χ4v) is 1.74. The Morgan fingerprint density at radius 1 is 1.20 bits per heavy atom. The lowest BCUT2D eigenvalue weighted by Gasteiger charge is -2.04. The fraction of sp³-hybridized carbons (Fsp3) is 0.800. The summed E-state index contributed by atoms with van der Waals surface area (Å²) < 4.78 is 20.9. The summed E-state index contributed by atoms with van der Waals surface area (Å²) in [6, 6.07) is 0. The van der Waals surface area contributed by atoms with Crippen molar-refractivity contribution < 1.29 is 13.9 Å². The lowest BCUT2D eigenvalue weighted by molar-refractivity contribution is -0.114. The van der Waals surface area contributed by atoms with E-state index in [0.717, 1.165) is 0 Å². The van der Waals surface area contributed by atoms with E-state index in [0.29, 0.717) is 0 Å². The van der Waals surface area contributed by atoms with Crippen molar-refractivity contribution in [3.63, 3.8) is 0 Å². The van der Waals surface area contributed by atoms with Crippen molar-refractivity contribution in [2.45, 2.75) is 0 Å². The highest BCUT2D eigenvalue weighted by atomic mass is 32.2. The quantitative estimate of drug-likeness (QED) is 0.541. The maximum atomic E-state index is 10.7. The molecule has 60 valence electrons. The molecule has 0 aliphatic heterocycles. The van der Waals surface area contributed by atoms with Crippen molar-refractivity contribution in [3.05, 3.63) is 0 Å². The van der Waals surface area contributed by atoms with Crippen LogP contribution in [0.15, 0.2) is 0 Å². The summed E-state index contributed by atoms with van der Waals surface area (Å²) in [6.07, 6.45) is 2.91. The zero-order chi connectivity index (χ0) is 8.15. The third kappa shape index (κ3) is 6.41. The molecule has 10 heavy (non-hydrogen) atoms. The molecule has 0 spiro atoms. The summed E-state index contributed by atoms with van der Waals surface area (Å²) in [5.41, 5.74) is 0. The van der Waals surface area contributed by atoms with Crippen molar-refractivity contribution >= 4 is 28.1 Å². The van der Waals surface area contributed by atoms with E-state index in [4.69, 9.17) is 0 Å². The van der Waals surface area contributed by atoms with Gasteiger partial charge < -0.3 is 9.11 Å². The normalized spacial score (nSPS) is 16.4. The highest BCUT2D eigenvalue weighted by Gasteiger charge is 2.12. The molecule has 0 aromatic rings. The third-order valence-electron chi connectivity index (χ3n) is 0.729. The molecular weight excluding hydrogens is 172 g/mol. The number of rotatable bonds is 4. The molecule has 0 heterocycles. The molecule has 0 aliphatic rings. The zero-order valence-electron chi connectivity index (χ0n) is 5.96. The molecule has 0 bridgehead atoms. The van der Waals surface area contributed by atoms with Crippen LogP contribution in [-0.2, 0) is 27.1 Å². The van der Waals surface area contributed by atoms with Crippen LogP contribution < -0.4 is 0 Å². The first-order valence-corrected chi connectivity index (χ1v) is 6.09. The molecule has 2 atom stereocenters. The lowest BCUT2D eigenvalue weighted by Crippen LogP contribution is -2.22. The van der Waals surface area contributed by atoms with Gasteiger partial charge in [0.1, 0.15) is 0 Å². The van der Waals surface area contributed by atoms with Crippen LogP contribution in [0.3, 0.4) is 0 Å². The second-order valence-electron chi connectivity index (χ2n) is 1.97. The summed E-state index contributed by atoms with van der Waals surface area (Å²) >= 11 is -2.19. The van der Waals surface area contributed by atoms with Crippen molar-refractivity contribution in [2.75, 3.05) is 24.0 Å². The van der Waals surface area contributed by atoms with E-state index in [1.165, 1.54) is 12.5 Å². The molecule has 0 aliphatic carbocycles. The van der Waals surface area contributed by atoms with E-state index in [1.54, 1.807) is 0 Å². The predicted molar refractivity (Wildman–Crippen MR) is 42.9 cm³/mol. The van der Waals surface area contributed by atoms with Gasteiger partial charge in [-0.2, -0.15) is 0 Å². The first-order chi connectivity index (χ1) is 4.52. The summed E-state index contributed by atoms with van der Waals surface area (Å²) in [7, 11) is 0. The van der Waals surface area contributed by atoms with Crippen molar-refractivity contribution in [3.8, 4) is 0 Å². The Hall–Kier alpha value is 0.290. The zero-order valence-corrected chi connectivity index (χ0v) is 7.59. The van der Waals surface area contributed by atoms with E-state index < -0.39 is 22.4 Å². The van der Waals surface area contributed by atoms with Gasteiger partial charge in [-0.3, -0.25) is 4.79 Å². The van der Waals surface area contributed by atoms with Gasteiger partial charge in [0.05, 0.1) is 12.5 Å². The summed E-state index contributed by atoms with van der Waals surface area (Å²) in [4.78, 5) is 10.7. The van der Waals surface area contributed by atoms with Crippen LogP contribution in [0.1, 0.15) is 0 Å². The molecule has 0 aromatic heterocycles. The predicted octanol–water partition coefficient (Wildman–Crippen LogP) is -0.688. The fourth-order valence-electron chi connectivity index (χ4n) is 0.495. The molecule has 0 saturated heterocycles. The molecule has 0 aromatic carbocycles. The number of carbonyl (C=O) groups excluding carboxylic acids is 1. The molecule has 0 amide bonds. The minimum atomic E-state index is -1.10. The lowest BCUT2D eigenvalue weighted by atomic mass is 10.5. The van der Waals surface area contributed by atoms with Crippen molar-refractivity contribution in [1.29, 1.82) is 0 Å². The summed E-state index contributed by atoms with van der Waals surface area (Å²) in [5, 5.41) is 0. The van der Waals surface area contributed by atoms with Crippen molar-refractivity contribution in [1.82, 2.24) is 0 Å². The standard InChI is InChI=1S/C5H10O3S2/c1-9(7)3-5(6)4-10(2)8/h3-4H2,1-2H3. The van der Waals surface area contributed by atoms with Gasteiger partial charge in [-0.15, -0.1) is 0 Å². The number of hydrogen-bond donors (Lipinski definition) is 0. The maximum absolute atomic E-state index is 10.7. The number of ketones is 1. The van der Waals surface area contributed by atoms with Crippen LogP contribution >= 0.6 is 0 Å². The van der Waals surface area contributed by atoms with E-state index in [9.17, 15) is 13.9 Å². The van der Waals surface area contributed by atoms with Crippen LogP contribution in [0.25, 0.3) is 0 Å². The van der Waals surface area contributed by atoms with Gasteiger partial charge in [-0.05, 0) is 22.4 Å². The number of carbonyl (C=O) groups is 1. The Bertz CT molecular complexity index is 101. The second-order valence-corrected chi connectivity index (χ2v) is 4.84. The number of hydrogen-bond acceptors (Lipinski definition) is 3.